The van der Waals surface area contributed by atoms with E-state index >= 15 is 0 Å². The van der Waals surface area contributed by atoms with Crippen molar-refractivity contribution >= 4 is 11.9 Å². The van der Waals surface area contributed by atoms with Crippen LogP contribution in [0.15, 0.2) is 29.3 Å². The molecule has 3 aliphatic rings. The number of ether oxygens (including phenoxy) is 1. The predicted molar refractivity (Wildman–Crippen MR) is 128 cm³/mol. The van der Waals surface area contributed by atoms with Crippen LogP contribution in [0.25, 0.3) is 0 Å². The number of carbonyl (C=O) groups is 1. The number of amides is 1. The first-order chi connectivity index (χ1) is 15.7. The van der Waals surface area contributed by atoms with Crippen LogP contribution in [0.2, 0.25) is 0 Å². The third-order valence-electron chi connectivity index (χ3n) is 6.65. The van der Waals surface area contributed by atoms with Crippen molar-refractivity contribution in [3.8, 4) is 5.75 Å². The zero-order valence-corrected chi connectivity index (χ0v) is 19.4. The smallest absolute Gasteiger partial charge is 0.258 e. The topological polar surface area (TPSA) is 78.0 Å². The maximum atomic E-state index is 11.7. The van der Waals surface area contributed by atoms with E-state index in [1.165, 1.54) is 44.2 Å². The van der Waals surface area contributed by atoms with Gasteiger partial charge in [-0.2, -0.15) is 0 Å². The van der Waals surface area contributed by atoms with Crippen molar-refractivity contribution in [1.29, 1.82) is 0 Å². The Morgan fingerprint density at radius 1 is 1.06 bits per heavy atom. The van der Waals surface area contributed by atoms with Crippen molar-refractivity contribution in [3.63, 3.8) is 0 Å². The maximum absolute atomic E-state index is 11.7. The predicted octanol–water partition coefficient (Wildman–Crippen LogP) is 2.46. The molecule has 7 nitrogen and oxygen atoms in total. The summed E-state index contributed by atoms with van der Waals surface area (Å²) in [4.78, 5) is 19.2. The highest BCUT2D eigenvalue weighted by Crippen LogP contribution is 2.26. The van der Waals surface area contributed by atoms with Crippen LogP contribution in [-0.4, -0.2) is 67.7 Å². The van der Waals surface area contributed by atoms with Crippen molar-refractivity contribution in [1.82, 2.24) is 20.9 Å². The van der Waals surface area contributed by atoms with E-state index in [0.717, 1.165) is 56.6 Å². The number of rotatable bonds is 10. The molecule has 1 aromatic carbocycles. The minimum atomic E-state index is -0.0389. The highest BCUT2D eigenvalue weighted by molar-refractivity contribution is 5.80. The van der Waals surface area contributed by atoms with E-state index in [-0.39, 0.29) is 12.5 Å². The summed E-state index contributed by atoms with van der Waals surface area (Å²) in [6, 6.07) is 9.64. The standard InChI is InChI=1S/C25H39N5O2/c1-2-26-25(29-21-14-16-30(17-21)22-5-3-4-6-22)27-15-13-19-7-11-23(12-8-19)32-18-24(31)28-20-9-10-20/h7-8,11-12,20-22H,2-6,9-10,13-18H2,1H3,(H,28,31)(H2,26,27,29). The Labute approximate surface area is 192 Å². The first-order valence-corrected chi connectivity index (χ1v) is 12.5. The van der Waals surface area contributed by atoms with Crippen LogP contribution < -0.4 is 20.7 Å². The molecule has 32 heavy (non-hydrogen) atoms. The molecule has 1 amide bonds. The molecule has 1 aromatic rings. The Morgan fingerprint density at radius 2 is 1.84 bits per heavy atom. The van der Waals surface area contributed by atoms with Gasteiger partial charge in [0.05, 0.1) is 0 Å². The number of aliphatic imine (C=N–C) groups is 1. The highest BCUT2D eigenvalue weighted by Gasteiger charge is 2.30. The van der Waals surface area contributed by atoms with Gasteiger partial charge in [-0.1, -0.05) is 25.0 Å². The van der Waals surface area contributed by atoms with Gasteiger partial charge in [0.2, 0.25) is 0 Å². The van der Waals surface area contributed by atoms with Gasteiger partial charge in [-0.05, 0) is 63.1 Å². The van der Waals surface area contributed by atoms with E-state index in [2.05, 4.69) is 39.9 Å². The summed E-state index contributed by atoms with van der Waals surface area (Å²) < 4.78 is 5.58. The number of guanidine groups is 1. The van der Waals surface area contributed by atoms with E-state index in [4.69, 9.17) is 9.73 Å². The van der Waals surface area contributed by atoms with Crippen LogP contribution in [0, 0.1) is 0 Å². The lowest BCUT2D eigenvalue weighted by molar-refractivity contribution is -0.123. The summed E-state index contributed by atoms with van der Waals surface area (Å²) in [5.74, 6) is 1.61. The van der Waals surface area contributed by atoms with Crippen LogP contribution in [0.5, 0.6) is 5.75 Å². The number of hydrogen-bond donors (Lipinski definition) is 3. The van der Waals surface area contributed by atoms with Gasteiger partial charge in [0.15, 0.2) is 12.6 Å². The van der Waals surface area contributed by atoms with Gasteiger partial charge < -0.3 is 20.7 Å². The fourth-order valence-corrected chi connectivity index (χ4v) is 4.71. The average Bonchev–Trinajstić information content (AvgIpc) is 3.25. The third-order valence-corrected chi connectivity index (χ3v) is 6.65. The minimum Gasteiger partial charge on any atom is -0.484 e. The van der Waals surface area contributed by atoms with Crippen LogP contribution in [0.3, 0.4) is 0 Å². The SMILES string of the molecule is CCNC(=NCCc1ccc(OCC(=O)NC2CC2)cc1)NC1CCN(C2CCCC2)C1. The summed E-state index contributed by atoms with van der Waals surface area (Å²) in [6.07, 6.45) is 9.79. The molecule has 2 saturated carbocycles. The molecule has 176 valence electrons. The molecule has 1 heterocycles. The number of nitrogens with zero attached hydrogens (tertiary/aromatic N) is 2. The van der Waals surface area contributed by atoms with Gasteiger partial charge in [0.1, 0.15) is 5.75 Å². The largest absolute Gasteiger partial charge is 0.484 e. The molecule has 0 radical (unpaired) electrons. The lowest BCUT2D eigenvalue weighted by Gasteiger charge is -2.24. The van der Waals surface area contributed by atoms with Crippen LogP contribution in [-0.2, 0) is 11.2 Å². The van der Waals surface area contributed by atoms with Gasteiger partial charge in [-0.25, -0.2) is 0 Å². The van der Waals surface area contributed by atoms with E-state index in [0.29, 0.717) is 12.1 Å². The van der Waals surface area contributed by atoms with E-state index in [1.807, 2.05) is 12.1 Å². The fourth-order valence-electron chi connectivity index (χ4n) is 4.71. The molecule has 7 heteroatoms. The molecule has 1 aliphatic heterocycles. The lowest BCUT2D eigenvalue weighted by Crippen LogP contribution is -2.45. The summed E-state index contributed by atoms with van der Waals surface area (Å²) >= 11 is 0. The third kappa shape index (κ3) is 7.12. The Kier molecular flexibility index (Phi) is 8.26. The molecule has 3 N–H and O–H groups in total. The second-order valence-corrected chi connectivity index (χ2v) is 9.35. The second-order valence-electron chi connectivity index (χ2n) is 9.35. The molecule has 1 unspecified atom stereocenters. The van der Waals surface area contributed by atoms with Crippen molar-refractivity contribution in [2.24, 2.45) is 4.99 Å². The molecule has 0 aromatic heterocycles. The van der Waals surface area contributed by atoms with Gasteiger partial charge >= 0.3 is 0 Å². The monoisotopic (exact) mass is 441 g/mol. The van der Waals surface area contributed by atoms with Crippen molar-refractivity contribution in [3.05, 3.63) is 29.8 Å². The number of carbonyl (C=O) groups excluding carboxylic acids is 1. The molecule has 0 spiro atoms. The van der Waals surface area contributed by atoms with E-state index in [1.54, 1.807) is 0 Å². The number of nitrogens with one attached hydrogen (secondary N) is 3. The molecular formula is C25H39N5O2. The van der Waals surface area contributed by atoms with Gasteiger partial charge in [0.25, 0.3) is 5.91 Å². The molecule has 3 fully saturated rings. The van der Waals surface area contributed by atoms with Crippen molar-refractivity contribution in [2.45, 2.75) is 76.4 Å². The normalized spacial score (nSPS) is 22.2. The molecule has 4 rings (SSSR count). The van der Waals surface area contributed by atoms with E-state index in [9.17, 15) is 4.79 Å². The summed E-state index contributed by atoms with van der Waals surface area (Å²) in [6.45, 7) is 6.13. The van der Waals surface area contributed by atoms with Crippen molar-refractivity contribution in [2.75, 3.05) is 32.8 Å². The minimum absolute atomic E-state index is 0.0389. The molecule has 1 atom stereocenters. The zero-order valence-electron chi connectivity index (χ0n) is 19.4. The Bertz CT molecular complexity index is 756. The second kappa shape index (κ2) is 11.5. The van der Waals surface area contributed by atoms with Gasteiger partial charge in [0, 0.05) is 44.3 Å². The van der Waals surface area contributed by atoms with Gasteiger partial charge in [-0.3, -0.25) is 14.7 Å². The summed E-state index contributed by atoms with van der Waals surface area (Å²) in [5.41, 5.74) is 1.22. The number of benzene rings is 1. The lowest BCUT2D eigenvalue weighted by atomic mass is 10.1. The fraction of sp³-hybridized carbons (Fsp3) is 0.680. The molecule has 0 bridgehead atoms. The van der Waals surface area contributed by atoms with Crippen LogP contribution >= 0.6 is 0 Å². The van der Waals surface area contributed by atoms with E-state index < -0.39 is 0 Å². The average molecular weight is 442 g/mol. The van der Waals surface area contributed by atoms with Crippen LogP contribution in [0.1, 0.15) is 57.4 Å². The number of likely N-dealkylation sites (tertiary alicyclic amines) is 1. The maximum Gasteiger partial charge on any atom is 0.258 e. The number of hydrogen-bond acceptors (Lipinski definition) is 4. The molecule has 1 saturated heterocycles. The first kappa shape index (κ1) is 22.9. The zero-order chi connectivity index (χ0) is 22.2. The van der Waals surface area contributed by atoms with Crippen molar-refractivity contribution < 1.29 is 9.53 Å². The first-order valence-electron chi connectivity index (χ1n) is 12.5. The van der Waals surface area contributed by atoms with Gasteiger partial charge in [-0.15, -0.1) is 0 Å². The quantitative estimate of drug-likeness (QED) is 0.384. The Balaban J connectivity index is 1.19. The Hall–Kier alpha value is -2.28. The molecule has 2 aliphatic carbocycles. The highest BCUT2D eigenvalue weighted by atomic mass is 16.5. The summed E-state index contributed by atoms with van der Waals surface area (Å²) in [7, 11) is 0. The summed E-state index contributed by atoms with van der Waals surface area (Å²) in [5, 5.41) is 9.98. The Morgan fingerprint density at radius 3 is 2.56 bits per heavy atom. The van der Waals surface area contributed by atoms with Crippen LogP contribution in [0.4, 0.5) is 0 Å². The molecular weight excluding hydrogens is 402 g/mol.